The molecule has 0 bridgehead atoms. The summed E-state index contributed by atoms with van der Waals surface area (Å²) in [5.41, 5.74) is 3.73. The van der Waals surface area contributed by atoms with Crippen molar-refractivity contribution in [3.05, 3.63) is 71.5 Å². The number of furan rings is 1. The van der Waals surface area contributed by atoms with E-state index in [0.717, 1.165) is 5.56 Å². The maximum Gasteiger partial charge on any atom is 0.335 e. The fourth-order valence-electron chi connectivity index (χ4n) is 2.61. The van der Waals surface area contributed by atoms with Gasteiger partial charge in [0, 0.05) is 11.1 Å². The third-order valence-electron chi connectivity index (χ3n) is 4.04. The van der Waals surface area contributed by atoms with Gasteiger partial charge < -0.3 is 19.0 Å². The predicted octanol–water partition coefficient (Wildman–Crippen LogP) is 3.14. The average molecular weight is 378 g/mol. The highest BCUT2D eigenvalue weighted by Gasteiger charge is 2.16. The van der Waals surface area contributed by atoms with Crippen LogP contribution in [0.15, 0.2) is 64.1 Å². The zero-order valence-electron chi connectivity index (χ0n) is 14.4. The van der Waals surface area contributed by atoms with Crippen LogP contribution in [0.4, 0.5) is 0 Å². The van der Waals surface area contributed by atoms with Gasteiger partial charge in [0.25, 0.3) is 5.91 Å². The van der Waals surface area contributed by atoms with Gasteiger partial charge in [0.05, 0.1) is 11.8 Å². The first-order chi connectivity index (χ1) is 13.6. The molecule has 0 spiro atoms. The first kappa shape index (κ1) is 17.3. The molecule has 1 aliphatic heterocycles. The molecule has 28 heavy (non-hydrogen) atoms. The predicted molar refractivity (Wildman–Crippen MR) is 98.7 cm³/mol. The van der Waals surface area contributed by atoms with Crippen molar-refractivity contribution in [1.29, 1.82) is 0 Å². The van der Waals surface area contributed by atoms with E-state index in [4.69, 9.17) is 19.0 Å². The van der Waals surface area contributed by atoms with Crippen molar-refractivity contribution < 1.29 is 28.6 Å². The Morgan fingerprint density at radius 2 is 1.71 bits per heavy atom. The third-order valence-corrected chi connectivity index (χ3v) is 4.04. The summed E-state index contributed by atoms with van der Waals surface area (Å²) in [6.07, 6.45) is 1.37. The van der Waals surface area contributed by atoms with Crippen molar-refractivity contribution in [2.75, 3.05) is 6.79 Å². The van der Waals surface area contributed by atoms with Gasteiger partial charge >= 0.3 is 5.97 Å². The lowest BCUT2D eigenvalue weighted by molar-refractivity contribution is 0.0696. The summed E-state index contributed by atoms with van der Waals surface area (Å²) >= 11 is 0. The molecule has 2 N–H and O–H groups in total. The molecule has 140 valence electrons. The van der Waals surface area contributed by atoms with E-state index in [0.29, 0.717) is 28.6 Å². The number of amides is 1. The van der Waals surface area contributed by atoms with Crippen LogP contribution in [-0.4, -0.2) is 30.0 Å². The Kier molecular flexibility index (Phi) is 4.51. The number of hydrazone groups is 1. The van der Waals surface area contributed by atoms with Gasteiger partial charge in [-0.3, -0.25) is 4.79 Å². The second-order valence-corrected chi connectivity index (χ2v) is 5.85. The SMILES string of the molecule is O=C(O)c1ccc(-c2ccc(/C=N/NC(=O)c3ccc4c(c3)OCO4)o2)cc1. The van der Waals surface area contributed by atoms with Crippen LogP contribution in [-0.2, 0) is 0 Å². The van der Waals surface area contributed by atoms with Gasteiger partial charge in [-0.05, 0) is 42.5 Å². The van der Waals surface area contributed by atoms with Crippen LogP contribution in [0.3, 0.4) is 0 Å². The van der Waals surface area contributed by atoms with Crippen molar-refractivity contribution in [2.45, 2.75) is 0 Å². The van der Waals surface area contributed by atoms with E-state index in [1.807, 2.05) is 0 Å². The Balaban J connectivity index is 1.40. The van der Waals surface area contributed by atoms with E-state index in [1.165, 1.54) is 18.3 Å². The molecule has 1 amide bonds. The first-order valence-corrected chi connectivity index (χ1v) is 8.27. The summed E-state index contributed by atoms with van der Waals surface area (Å²) in [5, 5.41) is 12.8. The largest absolute Gasteiger partial charge is 0.478 e. The minimum absolute atomic E-state index is 0.137. The van der Waals surface area contributed by atoms with E-state index in [2.05, 4.69) is 10.5 Å². The van der Waals surface area contributed by atoms with Crippen LogP contribution in [0.5, 0.6) is 11.5 Å². The fourth-order valence-corrected chi connectivity index (χ4v) is 2.61. The summed E-state index contributed by atoms with van der Waals surface area (Å²) in [6.45, 7) is 0.137. The number of hydrogen-bond acceptors (Lipinski definition) is 6. The molecule has 0 saturated heterocycles. The van der Waals surface area contributed by atoms with Crippen LogP contribution >= 0.6 is 0 Å². The number of carboxylic acids is 1. The highest BCUT2D eigenvalue weighted by atomic mass is 16.7. The van der Waals surface area contributed by atoms with Gasteiger partial charge in [-0.25, -0.2) is 10.2 Å². The van der Waals surface area contributed by atoms with Crippen molar-refractivity contribution in [3.63, 3.8) is 0 Å². The Hall–Kier alpha value is -4.07. The molecular weight excluding hydrogens is 364 g/mol. The van der Waals surface area contributed by atoms with Gasteiger partial charge in [0.1, 0.15) is 11.5 Å². The minimum atomic E-state index is -0.989. The minimum Gasteiger partial charge on any atom is -0.478 e. The van der Waals surface area contributed by atoms with E-state index in [1.54, 1.807) is 42.5 Å². The Labute approximate surface area is 159 Å². The monoisotopic (exact) mass is 378 g/mol. The van der Waals surface area contributed by atoms with Gasteiger partial charge in [-0.2, -0.15) is 5.10 Å². The van der Waals surface area contributed by atoms with Gasteiger partial charge in [0.15, 0.2) is 11.5 Å². The van der Waals surface area contributed by atoms with Crippen molar-refractivity contribution >= 4 is 18.1 Å². The molecule has 1 aromatic heterocycles. The molecule has 2 aromatic carbocycles. The normalized spacial score (nSPS) is 12.3. The number of carbonyl (C=O) groups is 2. The maximum absolute atomic E-state index is 12.1. The van der Waals surface area contributed by atoms with Crippen molar-refractivity contribution in [1.82, 2.24) is 5.43 Å². The topological polar surface area (TPSA) is 110 Å². The lowest BCUT2D eigenvalue weighted by Crippen LogP contribution is -2.17. The number of ether oxygens (including phenoxy) is 2. The molecule has 0 fully saturated rings. The number of aromatic carboxylic acids is 1. The number of benzene rings is 2. The van der Waals surface area contributed by atoms with Gasteiger partial charge in [-0.1, -0.05) is 12.1 Å². The molecule has 1 aliphatic rings. The van der Waals surface area contributed by atoms with Gasteiger partial charge in [-0.15, -0.1) is 0 Å². The summed E-state index contributed by atoms with van der Waals surface area (Å²) in [7, 11) is 0. The molecular formula is C20H14N2O6. The third kappa shape index (κ3) is 3.56. The highest BCUT2D eigenvalue weighted by molar-refractivity contribution is 5.95. The maximum atomic E-state index is 12.1. The molecule has 0 atom stereocenters. The van der Waals surface area contributed by atoms with E-state index in [-0.39, 0.29) is 12.4 Å². The van der Waals surface area contributed by atoms with Crippen molar-refractivity contribution in [2.24, 2.45) is 5.10 Å². The van der Waals surface area contributed by atoms with Crippen molar-refractivity contribution in [3.8, 4) is 22.8 Å². The van der Waals surface area contributed by atoms with Gasteiger partial charge in [0.2, 0.25) is 6.79 Å². The molecule has 8 heteroatoms. The number of rotatable bonds is 5. The molecule has 0 radical (unpaired) electrons. The standard InChI is InChI=1S/C20H14N2O6/c23-19(14-5-7-17-18(9-14)27-11-26-17)22-21-10-15-6-8-16(28-15)12-1-3-13(4-2-12)20(24)25/h1-10H,11H2,(H,22,23)(H,24,25)/b21-10+. The number of nitrogens with zero attached hydrogens (tertiary/aromatic N) is 1. The molecule has 8 nitrogen and oxygen atoms in total. The average Bonchev–Trinajstić information content (AvgIpc) is 3.36. The quantitative estimate of drug-likeness (QED) is 0.521. The van der Waals surface area contributed by atoms with E-state index < -0.39 is 11.9 Å². The zero-order valence-corrected chi connectivity index (χ0v) is 14.4. The molecule has 4 rings (SSSR count). The van der Waals surface area contributed by atoms with E-state index in [9.17, 15) is 9.59 Å². The number of carbonyl (C=O) groups excluding carboxylic acids is 1. The lowest BCUT2D eigenvalue weighted by Gasteiger charge is -2.01. The number of hydrogen-bond donors (Lipinski definition) is 2. The summed E-state index contributed by atoms with van der Waals surface area (Å²) in [6, 6.07) is 14.6. The van der Waals surface area contributed by atoms with Crippen LogP contribution in [0, 0.1) is 0 Å². The molecule has 0 unspecified atom stereocenters. The molecule has 3 aromatic rings. The number of fused-ring (bicyclic) bond motifs is 1. The van der Waals surface area contributed by atoms with E-state index >= 15 is 0 Å². The fraction of sp³-hybridized carbons (Fsp3) is 0.0500. The second kappa shape index (κ2) is 7.28. The Bertz CT molecular complexity index is 1070. The summed E-state index contributed by atoms with van der Waals surface area (Å²) in [5.74, 6) is 0.715. The van der Waals surface area contributed by atoms with Crippen LogP contribution < -0.4 is 14.9 Å². The summed E-state index contributed by atoms with van der Waals surface area (Å²) in [4.78, 5) is 23.0. The first-order valence-electron chi connectivity index (χ1n) is 8.27. The Morgan fingerprint density at radius 3 is 2.50 bits per heavy atom. The number of carboxylic acid groups (broad SMARTS) is 1. The van der Waals surface area contributed by atoms with Crippen LogP contribution in [0.2, 0.25) is 0 Å². The number of nitrogens with one attached hydrogen (secondary N) is 1. The molecule has 0 saturated carbocycles. The smallest absolute Gasteiger partial charge is 0.335 e. The van der Waals surface area contributed by atoms with Crippen LogP contribution in [0.25, 0.3) is 11.3 Å². The molecule has 2 heterocycles. The Morgan fingerprint density at radius 1 is 0.964 bits per heavy atom. The molecule has 0 aliphatic carbocycles. The van der Waals surface area contributed by atoms with Crippen LogP contribution in [0.1, 0.15) is 26.5 Å². The zero-order chi connectivity index (χ0) is 19.5. The lowest BCUT2D eigenvalue weighted by atomic mass is 10.1. The second-order valence-electron chi connectivity index (χ2n) is 5.85. The summed E-state index contributed by atoms with van der Waals surface area (Å²) < 4.78 is 16.1. The highest BCUT2D eigenvalue weighted by Crippen LogP contribution is 2.32.